The molecular weight excluding hydrogens is 1580 g/mol. The summed E-state index contributed by atoms with van der Waals surface area (Å²) < 4.78 is 145. The monoisotopic (exact) mass is 1680 g/mol. The Bertz CT molecular complexity index is 4970. The van der Waals surface area contributed by atoms with Crippen molar-refractivity contribution in [1.29, 1.82) is 0 Å². The minimum Gasteiger partial charge on any atom is -0.481 e. The number of halogens is 3. The smallest absolute Gasteiger partial charge is 0.305 e. The quantitative estimate of drug-likeness (QED) is 0.0186. The summed E-state index contributed by atoms with van der Waals surface area (Å²) in [6.45, 7) is 11.3. The molecule has 7 N–H and O–H groups in total. The van der Waals surface area contributed by atoms with Crippen molar-refractivity contribution in [3.8, 4) is 0 Å². The van der Waals surface area contributed by atoms with Gasteiger partial charge in [0.15, 0.2) is 0 Å². The molecule has 618 valence electrons. The number of carboxylic acid groups (broad SMARTS) is 3. The van der Waals surface area contributed by atoms with Gasteiger partial charge < -0.3 is 41.3 Å². The number of ether oxygens (including phenoxy) is 1. The van der Waals surface area contributed by atoms with Gasteiger partial charge in [0, 0.05) is 58.9 Å². The maximum atomic E-state index is 14.4. The van der Waals surface area contributed by atoms with Crippen molar-refractivity contribution < 1.29 is 81.7 Å². The van der Waals surface area contributed by atoms with Crippen LogP contribution in [0.2, 0.25) is 5.02 Å². The van der Waals surface area contributed by atoms with Crippen LogP contribution in [0.4, 0.5) is 31.5 Å². The summed E-state index contributed by atoms with van der Waals surface area (Å²) in [6, 6.07) is 42.0. The number of fused-ring (bicyclic) bond motifs is 8. The second-order valence-corrected chi connectivity index (χ2v) is 36.8. The number of carbonyl (C=O) groups is 4. The van der Waals surface area contributed by atoms with E-state index in [4.69, 9.17) is 31.7 Å². The summed E-state index contributed by atoms with van der Waals surface area (Å²) in [6.07, 6.45) is 7.92. The van der Waals surface area contributed by atoms with Gasteiger partial charge in [0.1, 0.15) is 11.6 Å². The van der Waals surface area contributed by atoms with Crippen LogP contribution in [-0.4, -0.2) is 134 Å². The van der Waals surface area contributed by atoms with E-state index in [1.165, 1.54) is 69.4 Å². The molecule has 8 aromatic rings. The zero-order valence-corrected chi connectivity index (χ0v) is 69.9. The lowest BCUT2D eigenvalue weighted by molar-refractivity contribution is -0.143. The largest absolute Gasteiger partial charge is 0.481 e. The molecular formula is C84H101ClF2N8O16S4. The van der Waals surface area contributed by atoms with Crippen molar-refractivity contribution in [3.63, 3.8) is 0 Å². The van der Waals surface area contributed by atoms with Gasteiger partial charge in [-0.15, -0.1) is 0 Å². The fraction of sp³-hybridized carbons (Fsp3) is 0.381. The molecule has 0 saturated carbocycles. The van der Waals surface area contributed by atoms with E-state index in [2.05, 4.69) is 21.3 Å². The van der Waals surface area contributed by atoms with E-state index in [0.29, 0.717) is 126 Å². The van der Waals surface area contributed by atoms with Crippen molar-refractivity contribution in [2.24, 2.45) is 0 Å². The van der Waals surface area contributed by atoms with Crippen LogP contribution in [0.25, 0.3) is 0 Å². The Morgan fingerprint density at radius 3 is 1.00 bits per heavy atom. The molecule has 0 radical (unpaired) electrons. The molecule has 4 aliphatic heterocycles. The van der Waals surface area contributed by atoms with Crippen LogP contribution in [0, 0.1) is 39.3 Å². The van der Waals surface area contributed by atoms with Crippen molar-refractivity contribution >= 4 is 98.3 Å². The van der Waals surface area contributed by atoms with Crippen molar-refractivity contribution in [2.75, 3.05) is 78.2 Å². The third-order valence-electron chi connectivity index (χ3n) is 20.6. The van der Waals surface area contributed by atoms with Gasteiger partial charge in [0.2, 0.25) is 0 Å². The van der Waals surface area contributed by atoms with E-state index in [1.54, 1.807) is 69.6 Å². The predicted molar refractivity (Wildman–Crippen MR) is 441 cm³/mol. The van der Waals surface area contributed by atoms with Gasteiger partial charge in [0.05, 0.1) is 73.1 Å². The highest BCUT2D eigenvalue weighted by molar-refractivity contribution is 7.93. The number of benzene rings is 8. The van der Waals surface area contributed by atoms with Crippen molar-refractivity contribution in [2.45, 2.75) is 168 Å². The molecule has 0 aliphatic carbocycles. The van der Waals surface area contributed by atoms with Gasteiger partial charge in [-0.1, -0.05) is 109 Å². The van der Waals surface area contributed by atoms with Crippen molar-refractivity contribution in [1.82, 2.24) is 21.3 Å². The van der Waals surface area contributed by atoms with Crippen LogP contribution < -0.4 is 38.5 Å². The van der Waals surface area contributed by atoms with Gasteiger partial charge in [-0.3, -0.25) is 36.4 Å². The van der Waals surface area contributed by atoms with Gasteiger partial charge >= 0.3 is 23.9 Å². The first-order valence-electron chi connectivity index (χ1n) is 38.1. The number of nitrogens with zero attached hydrogens (tertiary/aromatic N) is 4. The van der Waals surface area contributed by atoms with Crippen LogP contribution in [0.5, 0.6) is 0 Å². The lowest BCUT2D eigenvalue weighted by Crippen LogP contribution is -2.26. The highest BCUT2D eigenvalue weighted by atomic mass is 35.5. The summed E-state index contributed by atoms with van der Waals surface area (Å²) >= 11 is 6.34. The normalized spacial score (nSPS) is 17.4. The van der Waals surface area contributed by atoms with E-state index >= 15 is 0 Å². The first-order valence-corrected chi connectivity index (χ1v) is 44.3. The summed E-state index contributed by atoms with van der Waals surface area (Å²) in [4.78, 5) is 44.2. The molecule has 4 atom stereocenters. The van der Waals surface area contributed by atoms with E-state index in [1.807, 2.05) is 92.7 Å². The second kappa shape index (κ2) is 39.5. The maximum Gasteiger partial charge on any atom is 0.305 e. The topological polar surface area (TPSA) is 336 Å². The van der Waals surface area contributed by atoms with Crippen LogP contribution >= 0.6 is 11.6 Å². The SMILES string of the molecule is CCOC(=O)CCCCCCNC1c2ccccc2N(C)S(=O)(=O)c2cc(C)ccc21.Cc1cc2c(cc1Cl)C(NCCCCC(=O)O)c1ccccc1N(C)S2(=O)=O.Cc1cc2c(cc1F)C(NCCCCC(=O)O)c1ccccc1N(C)S2(=O)=O.Cc1cc2c(cc1F)C(NCCCCC(=O)O)c1ccccc1N(C)S2(=O)=O. The van der Waals surface area contributed by atoms with Gasteiger partial charge in [-0.05, 0) is 246 Å². The molecule has 0 aromatic heterocycles. The third-order valence-corrected chi connectivity index (χ3v) is 28.4. The number of aryl methyl sites for hydroxylation is 4. The Balaban J connectivity index is 0.000000176. The number of unbranched alkanes of at least 4 members (excludes halogenated alkanes) is 6. The Kier molecular flexibility index (Phi) is 30.8. The lowest BCUT2D eigenvalue weighted by Gasteiger charge is -2.22. The second-order valence-electron chi connectivity index (χ2n) is 28.7. The maximum absolute atomic E-state index is 14.4. The average Bonchev–Trinajstić information content (AvgIpc) is 1.64. The fourth-order valence-electron chi connectivity index (χ4n) is 14.4. The Hall–Kier alpha value is -9.37. The van der Waals surface area contributed by atoms with Crippen LogP contribution in [0.1, 0.15) is 188 Å². The summed E-state index contributed by atoms with van der Waals surface area (Å²) in [5, 5.41) is 40.4. The number of aliphatic carboxylic acids is 3. The first kappa shape index (κ1) is 89.6. The molecule has 31 heteroatoms. The minimum absolute atomic E-state index is 0.0739. The van der Waals surface area contributed by atoms with E-state index in [-0.39, 0.29) is 63.1 Å². The Labute approximate surface area is 678 Å². The number of hydrogen-bond donors (Lipinski definition) is 7. The molecule has 24 nitrogen and oxygen atoms in total. The zero-order valence-electron chi connectivity index (χ0n) is 65.9. The Morgan fingerprint density at radius 1 is 0.374 bits per heavy atom. The molecule has 0 bridgehead atoms. The number of para-hydroxylation sites is 4. The van der Waals surface area contributed by atoms with Crippen LogP contribution in [-0.2, 0) is 64.0 Å². The Morgan fingerprint density at radius 2 is 0.661 bits per heavy atom. The van der Waals surface area contributed by atoms with Gasteiger partial charge in [-0.2, -0.15) is 0 Å². The van der Waals surface area contributed by atoms with Crippen LogP contribution in [0.15, 0.2) is 171 Å². The number of nitrogens with one attached hydrogen (secondary N) is 4. The lowest BCUT2D eigenvalue weighted by atomic mass is 9.95. The van der Waals surface area contributed by atoms with E-state index < -0.39 is 81.7 Å². The number of hydrogen-bond acceptors (Lipinski definition) is 17. The molecule has 4 unspecified atom stereocenters. The number of rotatable bonds is 27. The number of esters is 1. The van der Waals surface area contributed by atoms with E-state index in [9.17, 15) is 61.6 Å². The average molecular weight is 1680 g/mol. The minimum atomic E-state index is -3.84. The van der Waals surface area contributed by atoms with Crippen LogP contribution in [0.3, 0.4) is 0 Å². The highest BCUT2D eigenvalue weighted by Gasteiger charge is 2.40. The molecule has 8 aromatic carbocycles. The number of carboxylic acids is 3. The number of carbonyl (C=O) groups excluding carboxylic acids is 1. The first-order chi connectivity index (χ1) is 54.5. The molecule has 0 amide bonds. The standard InChI is InChI=1S/C24H32N2O4S.C20H23ClN2O4S.2C20H23FN2O4S/c1-4-30-23(27)13-7-5-6-10-16-25-24-19-11-8-9-12-21(19)26(3)31(28,29)22-17-18(2)14-15-20(22)24;3*1-13-11-18-15(12-16(13)21)20(22-10-6-5-9-19(24)25)14-7-3-4-8-17(14)23(2)28(18,26)27/h8-9,11-12,14-15,17,24-25H,4-7,10,13,16H2,1-3H3;3*3-4,7-8,11-12,20,22H,5-6,9-10H2,1-2H3,(H,24,25). The molecule has 4 heterocycles. The van der Waals surface area contributed by atoms with Crippen molar-refractivity contribution in [3.05, 3.63) is 235 Å². The summed E-state index contributed by atoms with van der Waals surface area (Å²) in [5.41, 5.74) is 9.87. The molecule has 4 aliphatic rings. The molecule has 12 rings (SSSR count). The van der Waals surface area contributed by atoms with Gasteiger partial charge in [0.25, 0.3) is 40.1 Å². The zero-order chi connectivity index (χ0) is 83.9. The predicted octanol–water partition coefficient (Wildman–Crippen LogP) is 14.5. The number of sulfonamides is 4. The molecule has 115 heavy (non-hydrogen) atoms. The molecule has 0 saturated heterocycles. The highest BCUT2D eigenvalue weighted by Crippen LogP contribution is 2.46. The number of anilines is 4. The van der Waals surface area contributed by atoms with E-state index in [0.717, 1.165) is 65.6 Å². The summed E-state index contributed by atoms with van der Waals surface area (Å²) in [7, 11) is -8.89. The van der Waals surface area contributed by atoms with Gasteiger partial charge in [-0.25, -0.2) is 42.5 Å². The molecule has 0 spiro atoms. The summed E-state index contributed by atoms with van der Waals surface area (Å²) in [5.74, 6) is -3.58. The fourth-order valence-corrected chi connectivity index (χ4v) is 20.6. The molecule has 0 fully saturated rings. The third kappa shape index (κ3) is 21.1.